The molecule has 1 unspecified atom stereocenters. The number of hydrogen-bond donors (Lipinski definition) is 2. The van der Waals surface area contributed by atoms with Crippen LogP contribution in [0.15, 0.2) is 78.9 Å². The molecule has 0 saturated carbocycles. The van der Waals surface area contributed by atoms with Crippen molar-refractivity contribution in [1.82, 2.24) is 4.90 Å². The number of halogens is 1. The molecule has 2 N–H and O–H groups in total. The van der Waals surface area contributed by atoms with Gasteiger partial charge < -0.3 is 10.4 Å². The molecule has 0 aromatic heterocycles. The van der Waals surface area contributed by atoms with Crippen LogP contribution in [0.4, 0.5) is 14.9 Å². The summed E-state index contributed by atoms with van der Waals surface area (Å²) >= 11 is 0. The van der Waals surface area contributed by atoms with Crippen LogP contribution in [0.25, 0.3) is 0 Å². The van der Waals surface area contributed by atoms with E-state index in [1.54, 1.807) is 17.0 Å². The molecule has 2 aliphatic rings. The van der Waals surface area contributed by atoms with E-state index in [-0.39, 0.29) is 29.9 Å². The Balaban J connectivity index is 1.57. The molecule has 3 aromatic carbocycles. The van der Waals surface area contributed by atoms with E-state index in [1.165, 1.54) is 12.1 Å². The van der Waals surface area contributed by atoms with Crippen molar-refractivity contribution in [2.24, 2.45) is 5.92 Å². The number of amides is 1. The first kappa shape index (κ1) is 18.7. The Morgan fingerprint density at radius 3 is 2.43 bits per heavy atom. The molecule has 4 atom stereocenters. The zero-order valence-electron chi connectivity index (χ0n) is 16.4. The van der Waals surface area contributed by atoms with Crippen molar-refractivity contribution in [3.63, 3.8) is 0 Å². The highest BCUT2D eigenvalue weighted by molar-refractivity contribution is 5.69. The number of fused-ring (bicyclic) bond motifs is 3. The van der Waals surface area contributed by atoms with Gasteiger partial charge in [-0.15, -0.1) is 0 Å². The molecule has 1 fully saturated rings. The van der Waals surface area contributed by atoms with Gasteiger partial charge in [-0.1, -0.05) is 60.7 Å². The molecular weight excluding hydrogens is 379 g/mol. The Bertz CT molecular complexity index is 1050. The van der Waals surface area contributed by atoms with Crippen LogP contribution < -0.4 is 5.32 Å². The van der Waals surface area contributed by atoms with Gasteiger partial charge in [-0.3, -0.25) is 4.90 Å². The predicted octanol–water partition coefficient (Wildman–Crippen LogP) is 5.64. The molecule has 0 spiro atoms. The van der Waals surface area contributed by atoms with Crippen LogP contribution in [0.1, 0.15) is 35.2 Å². The molecule has 5 rings (SSSR count). The maximum Gasteiger partial charge on any atom is 0.408 e. The highest BCUT2D eigenvalue weighted by atomic mass is 19.1. The third-order valence-electron chi connectivity index (χ3n) is 6.43. The van der Waals surface area contributed by atoms with Crippen LogP contribution in [0, 0.1) is 11.7 Å². The smallest absolute Gasteiger partial charge is 0.408 e. The minimum absolute atomic E-state index is 0.0650. The Morgan fingerprint density at radius 1 is 1.00 bits per heavy atom. The van der Waals surface area contributed by atoms with Crippen LogP contribution in [0.3, 0.4) is 0 Å². The van der Waals surface area contributed by atoms with Crippen LogP contribution in [0.2, 0.25) is 0 Å². The van der Waals surface area contributed by atoms with Gasteiger partial charge in [0.1, 0.15) is 5.82 Å². The van der Waals surface area contributed by atoms with Crippen molar-refractivity contribution in [3.8, 4) is 0 Å². The predicted molar refractivity (Wildman–Crippen MR) is 114 cm³/mol. The number of benzene rings is 3. The number of rotatable bonds is 3. The van der Waals surface area contributed by atoms with Crippen molar-refractivity contribution >= 4 is 11.8 Å². The third-order valence-corrected chi connectivity index (χ3v) is 6.43. The molecule has 2 heterocycles. The fourth-order valence-electron chi connectivity index (χ4n) is 5.19. The lowest BCUT2D eigenvalue weighted by atomic mass is 9.79. The van der Waals surface area contributed by atoms with E-state index in [0.717, 1.165) is 28.8 Å². The second kappa shape index (κ2) is 7.48. The molecule has 30 heavy (non-hydrogen) atoms. The largest absolute Gasteiger partial charge is 0.465 e. The molecule has 0 aliphatic carbocycles. The van der Waals surface area contributed by atoms with Crippen molar-refractivity contribution in [2.75, 3.05) is 5.32 Å². The highest BCUT2D eigenvalue weighted by Crippen LogP contribution is 2.53. The lowest BCUT2D eigenvalue weighted by molar-refractivity contribution is 0.115. The number of hydrogen-bond acceptors (Lipinski definition) is 2. The fraction of sp³-hybridized carbons (Fsp3) is 0.240. The average Bonchev–Trinajstić information content (AvgIpc) is 3.14. The molecule has 4 nitrogen and oxygen atoms in total. The van der Waals surface area contributed by atoms with E-state index in [0.29, 0.717) is 6.42 Å². The molecule has 1 amide bonds. The maximum atomic E-state index is 13.5. The first-order chi connectivity index (χ1) is 14.6. The standard InChI is InChI=1S/C25H23FN2O2/c26-18-12-10-17(11-13-18)23-21-15-19(14-16-6-2-1-3-7-16)28(25(29)30)24(21)20-8-4-5-9-22(20)27-23/h1-13,19,21,23-24,27H,14-15H2,(H,29,30)/t19?,21-,23+,24+/m1/s1. The third kappa shape index (κ3) is 3.20. The van der Waals surface area contributed by atoms with Crippen LogP contribution in [0.5, 0.6) is 0 Å². The summed E-state index contributed by atoms with van der Waals surface area (Å²) in [7, 11) is 0. The van der Waals surface area contributed by atoms with Gasteiger partial charge in [-0.25, -0.2) is 9.18 Å². The second-order valence-electron chi connectivity index (χ2n) is 8.14. The zero-order chi connectivity index (χ0) is 20.7. The van der Waals surface area contributed by atoms with Crippen LogP contribution in [-0.4, -0.2) is 22.1 Å². The number of nitrogens with one attached hydrogen (secondary N) is 1. The fourth-order valence-corrected chi connectivity index (χ4v) is 5.19. The second-order valence-corrected chi connectivity index (χ2v) is 8.14. The minimum atomic E-state index is -0.891. The normalized spacial score (nSPS) is 24.6. The molecule has 3 aromatic rings. The van der Waals surface area contributed by atoms with E-state index in [1.807, 2.05) is 54.6 Å². The maximum absolute atomic E-state index is 13.5. The first-order valence-electron chi connectivity index (χ1n) is 10.3. The highest BCUT2D eigenvalue weighted by Gasteiger charge is 2.50. The Labute approximate surface area is 175 Å². The summed E-state index contributed by atoms with van der Waals surface area (Å²) in [6.45, 7) is 0. The first-order valence-corrected chi connectivity index (χ1v) is 10.3. The summed E-state index contributed by atoms with van der Waals surface area (Å²) in [5.74, 6) is -0.206. The number of anilines is 1. The summed E-state index contributed by atoms with van der Waals surface area (Å²) in [4.78, 5) is 14.1. The lowest BCUT2D eigenvalue weighted by Crippen LogP contribution is -2.40. The molecule has 1 saturated heterocycles. The zero-order valence-corrected chi connectivity index (χ0v) is 16.4. The molecule has 0 radical (unpaired) electrons. The van der Waals surface area contributed by atoms with Crippen molar-refractivity contribution in [1.29, 1.82) is 0 Å². The van der Waals surface area contributed by atoms with Crippen LogP contribution >= 0.6 is 0 Å². The van der Waals surface area contributed by atoms with Gasteiger partial charge in [0.2, 0.25) is 0 Å². The summed E-state index contributed by atoms with van der Waals surface area (Å²) in [5, 5.41) is 13.8. The van der Waals surface area contributed by atoms with E-state index in [2.05, 4.69) is 5.32 Å². The summed E-state index contributed by atoms with van der Waals surface area (Å²) in [6.07, 6.45) is 0.534. The minimum Gasteiger partial charge on any atom is -0.465 e. The summed E-state index contributed by atoms with van der Waals surface area (Å²) in [6, 6.07) is 24.1. The van der Waals surface area contributed by atoms with E-state index >= 15 is 0 Å². The monoisotopic (exact) mass is 402 g/mol. The molecule has 152 valence electrons. The topological polar surface area (TPSA) is 52.6 Å². The van der Waals surface area contributed by atoms with Gasteiger partial charge >= 0.3 is 6.09 Å². The number of para-hydroxylation sites is 1. The van der Waals surface area contributed by atoms with Gasteiger partial charge in [-0.05, 0) is 47.7 Å². The molecule has 5 heteroatoms. The molecular formula is C25H23FN2O2. The lowest BCUT2D eigenvalue weighted by Gasteiger charge is -2.39. The Hall–Kier alpha value is -3.34. The quantitative estimate of drug-likeness (QED) is 0.596. The van der Waals surface area contributed by atoms with Crippen molar-refractivity contribution in [2.45, 2.75) is 31.0 Å². The van der Waals surface area contributed by atoms with Gasteiger partial charge in [-0.2, -0.15) is 0 Å². The average molecular weight is 402 g/mol. The van der Waals surface area contributed by atoms with E-state index < -0.39 is 6.09 Å². The van der Waals surface area contributed by atoms with Crippen molar-refractivity contribution < 1.29 is 14.3 Å². The Morgan fingerprint density at radius 2 is 1.70 bits per heavy atom. The van der Waals surface area contributed by atoms with Crippen molar-refractivity contribution in [3.05, 3.63) is 101 Å². The van der Waals surface area contributed by atoms with Gasteiger partial charge in [0.15, 0.2) is 0 Å². The molecule has 0 bridgehead atoms. The molecule has 2 aliphatic heterocycles. The number of nitrogens with zero attached hydrogens (tertiary/aromatic N) is 1. The number of carbonyl (C=O) groups is 1. The van der Waals surface area contributed by atoms with E-state index in [9.17, 15) is 14.3 Å². The van der Waals surface area contributed by atoms with E-state index in [4.69, 9.17) is 0 Å². The van der Waals surface area contributed by atoms with Gasteiger partial charge in [0.25, 0.3) is 0 Å². The van der Waals surface area contributed by atoms with Gasteiger partial charge in [0, 0.05) is 17.6 Å². The van der Waals surface area contributed by atoms with Gasteiger partial charge in [0.05, 0.1) is 12.1 Å². The Kier molecular flexibility index (Phi) is 4.66. The van der Waals surface area contributed by atoms with Crippen LogP contribution in [-0.2, 0) is 6.42 Å². The summed E-state index contributed by atoms with van der Waals surface area (Å²) < 4.78 is 13.5. The SMILES string of the molecule is O=C(O)N1C(Cc2ccccc2)C[C@@H]2[C@H](c3ccc(F)cc3)Nc3ccccc3[C@@H]21. The summed E-state index contributed by atoms with van der Waals surface area (Å²) in [5.41, 5.74) is 4.07. The number of carboxylic acid groups (broad SMARTS) is 1. The number of likely N-dealkylation sites (tertiary alicyclic amines) is 1.